The second-order valence-corrected chi connectivity index (χ2v) is 7.74. The van der Waals surface area contributed by atoms with E-state index in [2.05, 4.69) is 35.4 Å². The van der Waals surface area contributed by atoms with Gasteiger partial charge in [-0.1, -0.05) is 25.1 Å². The van der Waals surface area contributed by atoms with Crippen LogP contribution in [0.2, 0.25) is 0 Å². The average Bonchev–Trinajstić information content (AvgIpc) is 3.18. The Morgan fingerprint density at radius 3 is 2.85 bits per heavy atom. The maximum absolute atomic E-state index is 13.4. The molecule has 1 atom stereocenters. The molecule has 1 aliphatic rings. The molecule has 0 fully saturated rings. The summed E-state index contributed by atoms with van der Waals surface area (Å²) in [6, 6.07) is 10.8. The molecule has 2 N–H and O–H groups in total. The Labute approximate surface area is 157 Å². The second kappa shape index (κ2) is 6.46. The van der Waals surface area contributed by atoms with Gasteiger partial charge in [-0.2, -0.15) is 4.98 Å². The smallest absolute Gasteiger partial charge is 0.246 e. The molecule has 0 amide bonds. The van der Waals surface area contributed by atoms with Crippen molar-refractivity contribution in [1.82, 2.24) is 10.1 Å². The van der Waals surface area contributed by atoms with E-state index in [4.69, 9.17) is 4.52 Å². The lowest BCUT2D eigenvalue weighted by Crippen LogP contribution is -2.12. The first kappa shape index (κ1) is 17.7. The summed E-state index contributed by atoms with van der Waals surface area (Å²) in [5.41, 5.74) is 4.29. The molecule has 0 radical (unpaired) electrons. The van der Waals surface area contributed by atoms with Crippen LogP contribution in [-0.2, 0) is 12.0 Å². The normalized spacial score (nSPS) is 17.7. The quantitative estimate of drug-likeness (QED) is 0.710. The van der Waals surface area contributed by atoms with E-state index in [1.807, 2.05) is 12.1 Å². The van der Waals surface area contributed by atoms with Gasteiger partial charge >= 0.3 is 0 Å². The predicted molar refractivity (Wildman–Crippen MR) is 101 cm³/mol. The van der Waals surface area contributed by atoms with Crippen molar-refractivity contribution in [2.45, 2.75) is 45.3 Å². The van der Waals surface area contributed by atoms with Gasteiger partial charge in [0.15, 0.2) is 0 Å². The minimum absolute atomic E-state index is 0.0119. The standard InChI is InChI=1S/C21H22FN3O2/c1-12-8-13(4-7-17(12)22)20-24-19(27-25-20)11-23-14-5-6-16-15(9-14)18(26)10-21(16,2)3/h4-9,18,23,26H,10-11H2,1-3H3/t18-/m1/s1. The molecule has 0 spiro atoms. The first-order valence-electron chi connectivity index (χ1n) is 8.99. The van der Waals surface area contributed by atoms with Gasteiger partial charge in [0, 0.05) is 11.3 Å². The van der Waals surface area contributed by atoms with E-state index < -0.39 is 6.10 Å². The molecule has 2 aromatic carbocycles. The van der Waals surface area contributed by atoms with Crippen LogP contribution in [0.15, 0.2) is 40.9 Å². The van der Waals surface area contributed by atoms with Gasteiger partial charge in [-0.3, -0.25) is 0 Å². The third kappa shape index (κ3) is 3.32. The number of hydrogen-bond donors (Lipinski definition) is 2. The largest absolute Gasteiger partial charge is 0.388 e. The highest BCUT2D eigenvalue weighted by Gasteiger charge is 2.35. The van der Waals surface area contributed by atoms with E-state index in [1.54, 1.807) is 19.1 Å². The van der Waals surface area contributed by atoms with Crippen LogP contribution >= 0.6 is 0 Å². The fourth-order valence-electron chi connectivity index (χ4n) is 3.67. The number of nitrogens with zero attached hydrogens (tertiary/aromatic N) is 2. The second-order valence-electron chi connectivity index (χ2n) is 7.74. The summed E-state index contributed by atoms with van der Waals surface area (Å²) in [5, 5.41) is 17.5. The van der Waals surface area contributed by atoms with Crippen molar-refractivity contribution in [3.05, 3.63) is 64.8 Å². The van der Waals surface area contributed by atoms with Gasteiger partial charge in [-0.05, 0) is 65.8 Å². The molecule has 140 valence electrons. The van der Waals surface area contributed by atoms with Crippen molar-refractivity contribution in [2.24, 2.45) is 0 Å². The summed E-state index contributed by atoms with van der Waals surface area (Å²) in [4.78, 5) is 4.36. The predicted octanol–water partition coefficient (Wildman–Crippen LogP) is 4.51. The highest BCUT2D eigenvalue weighted by atomic mass is 19.1. The van der Waals surface area contributed by atoms with E-state index in [0.29, 0.717) is 29.4 Å². The summed E-state index contributed by atoms with van der Waals surface area (Å²) < 4.78 is 18.7. The molecule has 0 bridgehead atoms. The van der Waals surface area contributed by atoms with Crippen molar-refractivity contribution in [3.63, 3.8) is 0 Å². The number of halogens is 1. The van der Waals surface area contributed by atoms with Crippen molar-refractivity contribution in [1.29, 1.82) is 0 Å². The summed E-state index contributed by atoms with van der Waals surface area (Å²) >= 11 is 0. The average molecular weight is 367 g/mol. The van der Waals surface area contributed by atoms with Gasteiger partial charge in [0.25, 0.3) is 0 Å². The number of fused-ring (bicyclic) bond motifs is 1. The molecule has 5 nitrogen and oxygen atoms in total. The van der Waals surface area contributed by atoms with E-state index in [9.17, 15) is 9.50 Å². The fraction of sp³-hybridized carbons (Fsp3) is 0.333. The Morgan fingerprint density at radius 1 is 1.26 bits per heavy atom. The Balaban J connectivity index is 1.48. The van der Waals surface area contributed by atoms with Gasteiger partial charge in [-0.25, -0.2) is 4.39 Å². The lowest BCUT2D eigenvalue weighted by Gasteiger charge is -2.18. The minimum atomic E-state index is -0.437. The van der Waals surface area contributed by atoms with Crippen molar-refractivity contribution >= 4 is 5.69 Å². The zero-order valence-corrected chi connectivity index (χ0v) is 15.6. The first-order valence-corrected chi connectivity index (χ1v) is 8.99. The molecular weight excluding hydrogens is 345 g/mol. The van der Waals surface area contributed by atoms with E-state index in [-0.39, 0.29) is 11.2 Å². The van der Waals surface area contributed by atoms with Crippen molar-refractivity contribution in [2.75, 3.05) is 5.32 Å². The van der Waals surface area contributed by atoms with Crippen LogP contribution in [0.4, 0.5) is 10.1 Å². The Hall–Kier alpha value is -2.73. The molecule has 1 aromatic heterocycles. The Kier molecular flexibility index (Phi) is 4.23. The van der Waals surface area contributed by atoms with Gasteiger partial charge in [0.05, 0.1) is 12.6 Å². The molecule has 0 saturated carbocycles. The van der Waals surface area contributed by atoms with Gasteiger partial charge in [-0.15, -0.1) is 0 Å². The van der Waals surface area contributed by atoms with Crippen molar-refractivity contribution in [3.8, 4) is 11.4 Å². The molecule has 0 unspecified atom stereocenters. The van der Waals surface area contributed by atoms with E-state index >= 15 is 0 Å². The third-order valence-corrected chi connectivity index (χ3v) is 5.17. The molecule has 0 aliphatic heterocycles. The number of benzene rings is 2. The van der Waals surface area contributed by atoms with E-state index in [0.717, 1.165) is 17.7 Å². The number of rotatable bonds is 4. The zero-order valence-electron chi connectivity index (χ0n) is 15.6. The van der Waals surface area contributed by atoms with Gasteiger partial charge in [0.2, 0.25) is 11.7 Å². The minimum Gasteiger partial charge on any atom is -0.388 e. The number of aryl methyl sites for hydroxylation is 1. The molecule has 1 heterocycles. The van der Waals surface area contributed by atoms with Crippen LogP contribution in [0.25, 0.3) is 11.4 Å². The van der Waals surface area contributed by atoms with Crippen molar-refractivity contribution < 1.29 is 14.0 Å². The summed E-state index contributed by atoms with van der Waals surface area (Å²) in [7, 11) is 0. The number of aliphatic hydroxyl groups is 1. The lowest BCUT2D eigenvalue weighted by molar-refractivity contribution is 0.161. The van der Waals surface area contributed by atoms with Crippen LogP contribution in [-0.4, -0.2) is 15.2 Å². The number of aliphatic hydroxyl groups excluding tert-OH is 1. The zero-order chi connectivity index (χ0) is 19.2. The summed E-state index contributed by atoms with van der Waals surface area (Å²) in [6.45, 7) is 6.36. The number of anilines is 1. The fourth-order valence-corrected chi connectivity index (χ4v) is 3.67. The van der Waals surface area contributed by atoms with Crippen LogP contribution in [0.1, 0.15) is 49.0 Å². The molecule has 27 heavy (non-hydrogen) atoms. The molecule has 6 heteroatoms. The molecule has 4 rings (SSSR count). The third-order valence-electron chi connectivity index (χ3n) is 5.17. The van der Waals surface area contributed by atoms with Crippen LogP contribution < -0.4 is 5.32 Å². The monoisotopic (exact) mass is 367 g/mol. The number of hydrogen-bond acceptors (Lipinski definition) is 5. The molecular formula is C21H22FN3O2. The molecule has 0 saturated heterocycles. The van der Waals surface area contributed by atoms with E-state index in [1.165, 1.54) is 11.6 Å². The maximum atomic E-state index is 13.4. The summed E-state index contributed by atoms with van der Waals surface area (Å²) in [5.74, 6) is 0.612. The van der Waals surface area contributed by atoms with Gasteiger partial charge < -0.3 is 14.9 Å². The topological polar surface area (TPSA) is 71.2 Å². The van der Waals surface area contributed by atoms with Gasteiger partial charge in [0.1, 0.15) is 5.82 Å². The SMILES string of the molecule is Cc1cc(-c2noc(CNc3ccc4c(c3)[C@H](O)CC4(C)C)n2)ccc1F. The van der Waals surface area contributed by atoms with Crippen LogP contribution in [0.3, 0.4) is 0 Å². The maximum Gasteiger partial charge on any atom is 0.246 e. The number of nitrogens with one attached hydrogen (secondary N) is 1. The first-order chi connectivity index (χ1) is 12.8. The highest BCUT2D eigenvalue weighted by Crippen LogP contribution is 2.45. The van der Waals surface area contributed by atoms with Crippen LogP contribution in [0.5, 0.6) is 0 Å². The molecule has 1 aliphatic carbocycles. The Bertz CT molecular complexity index is 997. The Morgan fingerprint density at radius 2 is 2.07 bits per heavy atom. The number of aromatic nitrogens is 2. The highest BCUT2D eigenvalue weighted by molar-refractivity contribution is 5.56. The lowest BCUT2D eigenvalue weighted by atomic mass is 9.86. The van der Waals surface area contributed by atoms with Crippen LogP contribution in [0, 0.1) is 12.7 Å². The molecule has 3 aromatic rings. The summed E-state index contributed by atoms with van der Waals surface area (Å²) in [6.07, 6.45) is 0.295.